The van der Waals surface area contributed by atoms with Crippen LogP contribution in [0.25, 0.3) is 0 Å². The van der Waals surface area contributed by atoms with Crippen LogP contribution in [-0.4, -0.2) is 68.8 Å². The minimum atomic E-state index is -4.25. The van der Waals surface area contributed by atoms with Crippen LogP contribution in [-0.2, 0) is 7.63 Å². The Labute approximate surface area is 338 Å². The summed E-state index contributed by atoms with van der Waals surface area (Å²) < 4.78 is 17.6. The number of nitrogens with zero attached hydrogens (tertiary/aromatic N) is 1. The molecule has 0 N–H and O–H groups in total. The van der Waals surface area contributed by atoms with E-state index in [2.05, 4.69) is 184 Å². The Morgan fingerprint density at radius 1 is 0.415 bits per heavy atom. The Hall–Kier alpha value is -0.446. The van der Waals surface area contributed by atoms with Crippen molar-refractivity contribution < 1.29 is 7.63 Å². The van der Waals surface area contributed by atoms with Crippen LogP contribution in [0.3, 0.4) is 0 Å². The summed E-state index contributed by atoms with van der Waals surface area (Å²) >= 11 is -4.25. The number of rotatable bonds is 14. The monoisotopic (exact) mass is 887 g/mol. The van der Waals surface area contributed by atoms with Gasteiger partial charge in [-0.2, -0.15) is 0 Å². The van der Waals surface area contributed by atoms with Crippen LogP contribution in [0.15, 0.2) is 29.4 Å². The second-order valence-electron chi connectivity index (χ2n) is 24.1. The quantitative estimate of drug-likeness (QED) is 0.177. The average molecular weight is 887 g/mol. The zero-order valence-corrected chi connectivity index (χ0v) is 47.2. The summed E-state index contributed by atoms with van der Waals surface area (Å²) in [6.45, 7) is 61.9. The fraction of sp³-hybridized carbons (Fsp3) is 0.698. The van der Waals surface area contributed by atoms with Gasteiger partial charge in [-0.15, -0.1) is 0 Å². The molecule has 0 saturated heterocycles. The van der Waals surface area contributed by atoms with Crippen LogP contribution in [0.2, 0.25) is 118 Å². The summed E-state index contributed by atoms with van der Waals surface area (Å²) in [4.78, 5) is 0. The van der Waals surface area contributed by atoms with Crippen molar-refractivity contribution in [3.05, 3.63) is 57.6 Å². The molecule has 0 fully saturated rings. The van der Waals surface area contributed by atoms with E-state index in [0.29, 0.717) is 33.2 Å². The summed E-state index contributed by atoms with van der Waals surface area (Å²) in [5.41, 5.74) is 9.17. The summed E-state index contributed by atoms with van der Waals surface area (Å²) in [5, 5.41) is 6.48. The third-order valence-electron chi connectivity index (χ3n) is 11.6. The van der Waals surface area contributed by atoms with E-state index in [4.69, 9.17) is 12.8 Å². The molecule has 300 valence electrons. The molecule has 2 aromatic rings. The van der Waals surface area contributed by atoms with Gasteiger partial charge in [0, 0.05) is 0 Å². The van der Waals surface area contributed by atoms with Gasteiger partial charge >= 0.3 is 341 Å². The van der Waals surface area contributed by atoms with Crippen LogP contribution in [0.5, 0.6) is 0 Å². The molecule has 1 aliphatic rings. The predicted octanol–water partition coefficient (Wildman–Crippen LogP) is 13.1. The molecule has 0 saturated carbocycles. The Kier molecular flexibility index (Phi) is 13.9. The van der Waals surface area contributed by atoms with Crippen LogP contribution in [0.4, 0.5) is 0 Å². The second-order valence-corrected chi connectivity index (χ2v) is 63.3. The first-order valence-electron chi connectivity index (χ1n) is 20.8. The van der Waals surface area contributed by atoms with Crippen molar-refractivity contribution in [2.75, 3.05) is 0 Å². The first-order chi connectivity index (χ1) is 23.6. The molecule has 10 heteroatoms. The number of oxime groups is 1. The average Bonchev–Trinajstić information content (AvgIpc) is 3.37. The fourth-order valence-electron chi connectivity index (χ4n) is 11.4. The Morgan fingerprint density at radius 2 is 0.717 bits per heavy atom. The maximum atomic E-state index is 7.41. The van der Waals surface area contributed by atoms with E-state index in [1.54, 1.807) is 23.1 Å². The van der Waals surface area contributed by atoms with Gasteiger partial charge in [-0.25, -0.2) is 0 Å². The zero-order chi connectivity index (χ0) is 41.2. The minimum absolute atomic E-state index is 0.334. The molecule has 3 rings (SSSR count). The molecular formula is C43H83GeNO2Si6. The molecule has 1 atom stereocenters. The molecule has 2 aromatic carbocycles. The molecule has 0 spiro atoms. The standard InChI is InChI=1S/C43H83GeNO2Si6/c1-30(2)33-25-35(31(3)4)39(36(26-33)32(5)6)44(46-29-45-47-44)40-37(42(50(13,14)15)51(16,17)18)27-34(41(48(7,8)9)49(10,11)12)28-38(40)43(52(19,20)21)53(22,23)24/h25-32,41-43H,1-24H3. The van der Waals surface area contributed by atoms with E-state index >= 15 is 0 Å². The molecule has 0 radical (unpaired) electrons. The van der Waals surface area contributed by atoms with Crippen molar-refractivity contribution in [3.8, 4) is 0 Å². The summed E-state index contributed by atoms with van der Waals surface area (Å²) in [6, 6.07) is 10.7. The van der Waals surface area contributed by atoms with Gasteiger partial charge in [0.1, 0.15) is 0 Å². The van der Waals surface area contributed by atoms with Crippen LogP contribution in [0, 0.1) is 0 Å². The molecule has 1 aliphatic heterocycles. The molecule has 53 heavy (non-hydrogen) atoms. The van der Waals surface area contributed by atoms with Crippen molar-refractivity contribution in [2.24, 2.45) is 5.16 Å². The van der Waals surface area contributed by atoms with Gasteiger partial charge < -0.3 is 0 Å². The first-order valence-corrected chi connectivity index (χ1v) is 46.1. The van der Waals surface area contributed by atoms with E-state index in [0.717, 1.165) is 0 Å². The predicted molar refractivity (Wildman–Crippen MR) is 259 cm³/mol. The number of benzene rings is 2. The first kappa shape index (κ1) is 46.9. The SMILES string of the molecule is CC(C)c1cc(C(C)C)[c]([Ge]2([c]3c(C([Si](C)(C)C)[Si](C)(C)C)cc(C([Si](C)(C)C)[Si](C)(C)C)cc3C([Si](C)(C)C)[Si](C)(C)C)[O]C=N[O]2)c(C(C)C)c1. The van der Waals surface area contributed by atoms with Gasteiger partial charge in [0.2, 0.25) is 0 Å². The maximum absolute atomic E-state index is 7.41. The summed E-state index contributed by atoms with van der Waals surface area (Å²) in [5.74, 6) is 1.11. The van der Waals surface area contributed by atoms with Crippen LogP contribution in [0.1, 0.15) is 108 Å². The van der Waals surface area contributed by atoms with E-state index in [9.17, 15) is 0 Å². The van der Waals surface area contributed by atoms with Crippen molar-refractivity contribution >= 4 is 77.6 Å². The van der Waals surface area contributed by atoms with Gasteiger partial charge in [0.25, 0.3) is 0 Å². The summed E-state index contributed by atoms with van der Waals surface area (Å²) in [7, 11) is -10.4. The Bertz CT molecular complexity index is 1510. The van der Waals surface area contributed by atoms with Crippen molar-refractivity contribution in [2.45, 2.75) is 193 Å². The molecule has 0 amide bonds. The van der Waals surface area contributed by atoms with Gasteiger partial charge in [0.05, 0.1) is 0 Å². The van der Waals surface area contributed by atoms with Crippen molar-refractivity contribution in [1.29, 1.82) is 0 Å². The molecule has 0 aliphatic carbocycles. The number of hydrogen-bond acceptors (Lipinski definition) is 3. The third kappa shape index (κ3) is 9.99. The fourth-order valence-corrected chi connectivity index (χ4v) is 58.6. The Morgan fingerprint density at radius 3 is 0.962 bits per heavy atom. The van der Waals surface area contributed by atoms with E-state index in [-0.39, 0.29) is 0 Å². The van der Waals surface area contributed by atoms with Crippen LogP contribution >= 0.6 is 0 Å². The van der Waals surface area contributed by atoms with Gasteiger partial charge in [-0.05, 0) is 0 Å². The van der Waals surface area contributed by atoms with Crippen molar-refractivity contribution in [3.63, 3.8) is 0 Å². The molecule has 0 aromatic heterocycles. The Balaban J connectivity index is 2.95. The third-order valence-corrected chi connectivity index (χ3v) is 46.4. The summed E-state index contributed by atoms with van der Waals surface area (Å²) in [6.07, 6.45) is 1.72. The van der Waals surface area contributed by atoms with E-state index in [1.165, 1.54) is 25.5 Å². The van der Waals surface area contributed by atoms with E-state index < -0.39 is 62.4 Å². The molecule has 1 unspecified atom stereocenters. The second kappa shape index (κ2) is 15.7. The molecular weight excluding hydrogens is 804 g/mol. The van der Waals surface area contributed by atoms with E-state index in [1.807, 2.05) is 0 Å². The normalized spacial score (nSPS) is 18.0. The molecule has 3 nitrogen and oxygen atoms in total. The van der Waals surface area contributed by atoms with Gasteiger partial charge in [0.15, 0.2) is 0 Å². The molecule has 1 heterocycles. The van der Waals surface area contributed by atoms with Gasteiger partial charge in [-0.3, -0.25) is 0 Å². The molecule has 0 bridgehead atoms. The topological polar surface area (TPSA) is 30.8 Å². The number of hydrogen-bond donors (Lipinski definition) is 0. The van der Waals surface area contributed by atoms with Crippen molar-refractivity contribution in [1.82, 2.24) is 0 Å². The van der Waals surface area contributed by atoms with Gasteiger partial charge in [-0.1, -0.05) is 0 Å². The van der Waals surface area contributed by atoms with Crippen LogP contribution < -0.4 is 8.79 Å². The zero-order valence-electron chi connectivity index (χ0n) is 39.1.